The number of amides is 2. The number of fused-ring (bicyclic) bond motifs is 1. The van der Waals surface area contributed by atoms with E-state index in [9.17, 15) is 9.59 Å². The molecule has 0 radical (unpaired) electrons. The molecule has 1 saturated carbocycles. The van der Waals surface area contributed by atoms with Crippen LogP contribution < -0.4 is 4.90 Å². The zero-order valence-corrected chi connectivity index (χ0v) is 16.6. The number of carbonyl (C=O) groups excluding carboxylic acids is 2. The normalized spacial score (nSPS) is 21.0. The minimum Gasteiger partial charge on any atom is -0.368 e. The topological polar surface area (TPSA) is 53.1 Å². The zero-order chi connectivity index (χ0) is 19.3. The van der Waals surface area contributed by atoms with E-state index in [-0.39, 0.29) is 24.5 Å². The van der Waals surface area contributed by atoms with Crippen LogP contribution in [0.5, 0.6) is 0 Å². The van der Waals surface area contributed by atoms with Crippen molar-refractivity contribution >= 4 is 17.5 Å². The Bertz CT molecular complexity index is 694. The molecule has 4 rings (SSSR count). The molecule has 2 aliphatic heterocycles. The first kappa shape index (κ1) is 19.4. The third kappa shape index (κ3) is 4.55. The van der Waals surface area contributed by atoms with Gasteiger partial charge in [0.15, 0.2) is 0 Å². The Morgan fingerprint density at radius 1 is 0.929 bits per heavy atom. The van der Waals surface area contributed by atoms with Gasteiger partial charge in [0.1, 0.15) is 6.61 Å². The highest BCUT2D eigenvalue weighted by Crippen LogP contribution is 2.27. The molecular formula is C22H31N3O3. The third-order valence-corrected chi connectivity index (χ3v) is 6.27. The van der Waals surface area contributed by atoms with Crippen molar-refractivity contribution in [1.82, 2.24) is 9.80 Å². The summed E-state index contributed by atoms with van der Waals surface area (Å²) in [6.45, 7) is 4.25. The van der Waals surface area contributed by atoms with E-state index in [4.69, 9.17) is 4.74 Å². The summed E-state index contributed by atoms with van der Waals surface area (Å²) < 4.78 is 5.82. The Morgan fingerprint density at radius 3 is 2.46 bits per heavy atom. The molecule has 1 aromatic carbocycles. The summed E-state index contributed by atoms with van der Waals surface area (Å²) >= 11 is 0. The summed E-state index contributed by atoms with van der Waals surface area (Å²) in [5.74, 6) is 0.246. The highest BCUT2D eigenvalue weighted by molar-refractivity contribution is 5.96. The van der Waals surface area contributed by atoms with Gasteiger partial charge in [-0.2, -0.15) is 0 Å². The maximum absolute atomic E-state index is 12.8. The van der Waals surface area contributed by atoms with Crippen LogP contribution in [-0.2, 0) is 20.7 Å². The van der Waals surface area contributed by atoms with Gasteiger partial charge in [-0.15, -0.1) is 0 Å². The molecule has 0 N–H and O–H groups in total. The van der Waals surface area contributed by atoms with Gasteiger partial charge < -0.3 is 14.5 Å². The van der Waals surface area contributed by atoms with Crippen LogP contribution in [0, 0.1) is 0 Å². The van der Waals surface area contributed by atoms with E-state index in [1.165, 1.54) is 24.8 Å². The number of anilines is 1. The molecule has 0 atom stereocenters. The molecule has 1 aromatic rings. The number of benzene rings is 1. The molecule has 6 nitrogen and oxygen atoms in total. The van der Waals surface area contributed by atoms with Crippen molar-refractivity contribution in [1.29, 1.82) is 0 Å². The van der Waals surface area contributed by atoms with Crippen molar-refractivity contribution in [3.05, 3.63) is 29.8 Å². The summed E-state index contributed by atoms with van der Waals surface area (Å²) in [5.41, 5.74) is 2.31. The second-order valence-corrected chi connectivity index (χ2v) is 8.15. The van der Waals surface area contributed by atoms with Crippen LogP contribution in [0.25, 0.3) is 0 Å². The summed E-state index contributed by atoms with van der Waals surface area (Å²) in [6, 6.07) is 8.15. The molecule has 2 heterocycles. The van der Waals surface area contributed by atoms with Crippen LogP contribution in [0.1, 0.15) is 37.7 Å². The third-order valence-electron chi connectivity index (χ3n) is 6.27. The minimum atomic E-state index is 0.0880. The van der Waals surface area contributed by atoms with Crippen LogP contribution in [0.3, 0.4) is 0 Å². The Balaban J connectivity index is 1.20. The Kier molecular flexibility index (Phi) is 6.27. The predicted octanol–water partition coefficient (Wildman–Crippen LogP) is 2.07. The van der Waals surface area contributed by atoms with Crippen molar-refractivity contribution in [2.24, 2.45) is 0 Å². The summed E-state index contributed by atoms with van der Waals surface area (Å²) in [4.78, 5) is 31.1. The van der Waals surface area contributed by atoms with Crippen molar-refractivity contribution in [3.63, 3.8) is 0 Å². The van der Waals surface area contributed by atoms with Crippen LogP contribution >= 0.6 is 0 Å². The predicted molar refractivity (Wildman–Crippen MR) is 108 cm³/mol. The number of hydrogen-bond donors (Lipinski definition) is 0. The largest absolute Gasteiger partial charge is 0.368 e. The highest BCUT2D eigenvalue weighted by atomic mass is 16.5. The fraction of sp³-hybridized carbons (Fsp3) is 0.636. The van der Waals surface area contributed by atoms with Crippen LogP contribution in [-0.4, -0.2) is 73.6 Å². The molecular weight excluding hydrogens is 354 g/mol. The van der Waals surface area contributed by atoms with Crippen LogP contribution in [0.4, 0.5) is 5.69 Å². The lowest BCUT2D eigenvalue weighted by Gasteiger charge is -2.35. The lowest BCUT2D eigenvalue weighted by Crippen LogP contribution is -2.52. The Morgan fingerprint density at radius 2 is 1.68 bits per heavy atom. The molecule has 28 heavy (non-hydrogen) atoms. The number of nitrogens with zero attached hydrogens (tertiary/aromatic N) is 3. The van der Waals surface area contributed by atoms with Crippen LogP contribution in [0.2, 0.25) is 0 Å². The molecule has 0 aromatic heterocycles. The van der Waals surface area contributed by atoms with Gasteiger partial charge in [-0.3, -0.25) is 14.5 Å². The van der Waals surface area contributed by atoms with E-state index >= 15 is 0 Å². The number of piperazine rings is 1. The fourth-order valence-corrected chi connectivity index (χ4v) is 4.54. The molecule has 3 aliphatic rings. The molecule has 6 heteroatoms. The molecule has 2 amide bonds. The summed E-state index contributed by atoms with van der Waals surface area (Å²) in [7, 11) is 0. The number of ether oxygens (including phenoxy) is 1. The number of rotatable bonds is 5. The van der Waals surface area contributed by atoms with E-state index < -0.39 is 0 Å². The lowest BCUT2D eigenvalue weighted by atomic mass is 9.98. The van der Waals surface area contributed by atoms with Gasteiger partial charge in [-0.1, -0.05) is 37.5 Å². The van der Waals surface area contributed by atoms with E-state index in [2.05, 4.69) is 11.0 Å². The molecule has 0 unspecified atom stereocenters. The van der Waals surface area contributed by atoms with Gasteiger partial charge in [0.05, 0.1) is 12.6 Å². The van der Waals surface area contributed by atoms with E-state index in [1.54, 1.807) is 0 Å². The van der Waals surface area contributed by atoms with Gasteiger partial charge in [-0.05, 0) is 30.9 Å². The molecule has 0 bridgehead atoms. The first-order valence-electron chi connectivity index (χ1n) is 10.7. The first-order valence-corrected chi connectivity index (χ1v) is 10.7. The summed E-state index contributed by atoms with van der Waals surface area (Å²) in [5, 5.41) is 0. The van der Waals surface area contributed by atoms with Gasteiger partial charge in [0, 0.05) is 38.4 Å². The molecule has 2 fully saturated rings. The lowest BCUT2D eigenvalue weighted by molar-refractivity contribution is -0.140. The zero-order valence-electron chi connectivity index (χ0n) is 16.6. The molecule has 1 aliphatic carbocycles. The average Bonchev–Trinajstić information content (AvgIpc) is 3.18. The first-order chi connectivity index (χ1) is 13.7. The second-order valence-electron chi connectivity index (χ2n) is 8.15. The molecule has 152 valence electrons. The number of hydrogen-bond acceptors (Lipinski definition) is 4. The SMILES string of the molecule is O=C(COC1CCCCC1)N1CCN(CC(=O)N2CCc3ccccc32)CC1. The van der Waals surface area contributed by atoms with Gasteiger partial charge in [0.25, 0.3) is 0 Å². The van der Waals surface area contributed by atoms with E-state index in [0.717, 1.165) is 44.6 Å². The standard InChI is InChI=1S/C22H31N3O3/c26-21(25-11-10-18-6-4-5-9-20(18)25)16-23-12-14-24(15-13-23)22(27)17-28-19-7-2-1-3-8-19/h4-6,9,19H,1-3,7-8,10-17H2. The number of carbonyl (C=O) groups is 2. The van der Waals surface area contributed by atoms with Crippen molar-refractivity contribution in [3.8, 4) is 0 Å². The minimum absolute atomic E-state index is 0.0880. The van der Waals surface area contributed by atoms with Crippen molar-refractivity contribution in [2.45, 2.75) is 44.6 Å². The molecule has 0 spiro atoms. The fourth-order valence-electron chi connectivity index (χ4n) is 4.54. The van der Waals surface area contributed by atoms with E-state index in [1.807, 2.05) is 28.0 Å². The Labute approximate surface area is 167 Å². The number of para-hydroxylation sites is 1. The van der Waals surface area contributed by atoms with E-state index in [0.29, 0.717) is 19.6 Å². The quantitative estimate of drug-likeness (QED) is 0.779. The smallest absolute Gasteiger partial charge is 0.248 e. The maximum atomic E-state index is 12.8. The Hall–Kier alpha value is -1.92. The summed E-state index contributed by atoms with van der Waals surface area (Å²) in [6.07, 6.45) is 7.09. The molecule has 1 saturated heterocycles. The van der Waals surface area contributed by atoms with Gasteiger partial charge in [0.2, 0.25) is 11.8 Å². The van der Waals surface area contributed by atoms with Crippen molar-refractivity contribution in [2.75, 3.05) is 50.8 Å². The van der Waals surface area contributed by atoms with Crippen LogP contribution in [0.15, 0.2) is 24.3 Å². The van der Waals surface area contributed by atoms with Crippen molar-refractivity contribution < 1.29 is 14.3 Å². The van der Waals surface area contributed by atoms with Gasteiger partial charge in [-0.25, -0.2) is 0 Å². The second kappa shape index (κ2) is 9.05. The maximum Gasteiger partial charge on any atom is 0.248 e. The highest BCUT2D eigenvalue weighted by Gasteiger charge is 2.28. The average molecular weight is 386 g/mol. The monoisotopic (exact) mass is 385 g/mol. The van der Waals surface area contributed by atoms with Gasteiger partial charge >= 0.3 is 0 Å².